The Kier molecular flexibility index (Phi) is 5.68. The number of hydrogen-bond donors (Lipinski definition) is 1. The van der Waals surface area contributed by atoms with Gasteiger partial charge in [-0.15, -0.1) is 0 Å². The molecule has 0 aliphatic rings. The number of halogens is 2. The molecule has 0 aliphatic carbocycles. The van der Waals surface area contributed by atoms with Crippen molar-refractivity contribution >= 4 is 35.0 Å². The standard InChI is InChI=1S/C12H11Cl2NO3/c1-18-12(17)7-15-5-4-11(16)8-2-3-9(13)10(14)6-8/h2-6,15H,7H2,1H3/b5-4+. The van der Waals surface area contributed by atoms with E-state index in [0.717, 1.165) is 0 Å². The molecule has 0 aliphatic heterocycles. The molecule has 0 heterocycles. The normalized spacial score (nSPS) is 10.4. The maximum absolute atomic E-state index is 11.7. The molecular formula is C12H11Cl2NO3. The maximum atomic E-state index is 11.7. The van der Waals surface area contributed by atoms with Crippen LogP contribution in [-0.2, 0) is 9.53 Å². The smallest absolute Gasteiger partial charge is 0.325 e. The molecule has 0 radical (unpaired) electrons. The van der Waals surface area contributed by atoms with Crippen molar-refractivity contribution in [3.63, 3.8) is 0 Å². The SMILES string of the molecule is COC(=O)CN/C=C/C(=O)c1ccc(Cl)c(Cl)c1. The van der Waals surface area contributed by atoms with Crippen LogP contribution in [0.3, 0.4) is 0 Å². The van der Waals surface area contributed by atoms with E-state index in [1.807, 2.05) is 0 Å². The number of allylic oxidation sites excluding steroid dienone is 1. The summed E-state index contributed by atoms with van der Waals surface area (Å²) in [6, 6.07) is 4.60. The second kappa shape index (κ2) is 7.03. The van der Waals surface area contributed by atoms with Gasteiger partial charge in [0, 0.05) is 17.8 Å². The van der Waals surface area contributed by atoms with Gasteiger partial charge in [0.1, 0.15) is 6.54 Å². The molecule has 18 heavy (non-hydrogen) atoms. The first-order valence-electron chi connectivity index (χ1n) is 5.00. The van der Waals surface area contributed by atoms with Crippen LogP contribution in [0.5, 0.6) is 0 Å². The first-order chi connectivity index (χ1) is 8.54. The van der Waals surface area contributed by atoms with Gasteiger partial charge in [-0.05, 0) is 18.2 Å². The lowest BCUT2D eigenvalue weighted by molar-refractivity contribution is -0.139. The maximum Gasteiger partial charge on any atom is 0.325 e. The Balaban J connectivity index is 2.57. The van der Waals surface area contributed by atoms with Crippen molar-refractivity contribution in [1.82, 2.24) is 5.32 Å². The molecule has 4 nitrogen and oxygen atoms in total. The van der Waals surface area contributed by atoms with E-state index in [2.05, 4.69) is 10.1 Å². The highest BCUT2D eigenvalue weighted by Gasteiger charge is 2.05. The van der Waals surface area contributed by atoms with Crippen LogP contribution in [0.4, 0.5) is 0 Å². The highest BCUT2D eigenvalue weighted by atomic mass is 35.5. The molecule has 1 aromatic rings. The summed E-state index contributed by atoms with van der Waals surface area (Å²) < 4.78 is 4.42. The number of esters is 1. The van der Waals surface area contributed by atoms with Crippen molar-refractivity contribution in [3.05, 3.63) is 46.1 Å². The van der Waals surface area contributed by atoms with Crippen molar-refractivity contribution in [2.75, 3.05) is 13.7 Å². The number of ether oxygens (including phenoxy) is 1. The molecule has 0 amide bonds. The van der Waals surface area contributed by atoms with E-state index in [1.54, 1.807) is 12.1 Å². The van der Waals surface area contributed by atoms with Gasteiger partial charge >= 0.3 is 5.97 Å². The van der Waals surface area contributed by atoms with Crippen LogP contribution in [-0.4, -0.2) is 25.4 Å². The summed E-state index contributed by atoms with van der Waals surface area (Å²) in [4.78, 5) is 22.5. The molecule has 0 spiro atoms. The predicted octanol–water partition coefficient (Wildman–Crippen LogP) is 2.45. The number of carbonyl (C=O) groups is 2. The summed E-state index contributed by atoms with van der Waals surface area (Å²) in [7, 11) is 1.29. The van der Waals surface area contributed by atoms with Crippen LogP contribution < -0.4 is 5.32 Å². The number of methoxy groups -OCH3 is 1. The molecule has 1 N–H and O–H groups in total. The van der Waals surface area contributed by atoms with Gasteiger partial charge in [0.2, 0.25) is 0 Å². The van der Waals surface area contributed by atoms with Gasteiger partial charge in [-0.1, -0.05) is 23.2 Å². The Hall–Kier alpha value is -1.52. The van der Waals surface area contributed by atoms with Gasteiger partial charge < -0.3 is 10.1 Å². The lowest BCUT2D eigenvalue weighted by Crippen LogP contribution is -2.19. The lowest BCUT2D eigenvalue weighted by Gasteiger charge is -2.00. The fraction of sp³-hybridized carbons (Fsp3) is 0.167. The van der Waals surface area contributed by atoms with Gasteiger partial charge in [-0.3, -0.25) is 9.59 Å². The second-order valence-electron chi connectivity index (χ2n) is 3.28. The zero-order chi connectivity index (χ0) is 13.5. The molecule has 1 aromatic carbocycles. The molecule has 0 bridgehead atoms. The average molecular weight is 288 g/mol. The lowest BCUT2D eigenvalue weighted by atomic mass is 10.1. The van der Waals surface area contributed by atoms with Gasteiger partial charge in [-0.25, -0.2) is 0 Å². The van der Waals surface area contributed by atoms with Crippen LogP contribution in [0, 0.1) is 0 Å². The van der Waals surface area contributed by atoms with Gasteiger partial charge in [-0.2, -0.15) is 0 Å². The largest absolute Gasteiger partial charge is 0.468 e. The predicted molar refractivity (Wildman–Crippen MR) is 70.0 cm³/mol. The van der Waals surface area contributed by atoms with Gasteiger partial charge in [0.15, 0.2) is 5.78 Å². The fourth-order valence-corrected chi connectivity index (χ4v) is 1.39. The number of benzene rings is 1. The number of carbonyl (C=O) groups excluding carboxylic acids is 2. The minimum atomic E-state index is -0.415. The van der Waals surface area contributed by atoms with Crippen LogP contribution >= 0.6 is 23.2 Å². The Morgan fingerprint density at radius 2 is 2.06 bits per heavy atom. The molecule has 0 aromatic heterocycles. The molecule has 0 fully saturated rings. The van der Waals surface area contributed by atoms with Crippen molar-refractivity contribution in [1.29, 1.82) is 0 Å². The first-order valence-corrected chi connectivity index (χ1v) is 5.76. The van der Waals surface area contributed by atoms with Crippen molar-refractivity contribution in [2.45, 2.75) is 0 Å². The third-order valence-electron chi connectivity index (χ3n) is 2.03. The van der Waals surface area contributed by atoms with Crippen LogP contribution in [0.15, 0.2) is 30.5 Å². The topological polar surface area (TPSA) is 55.4 Å². The first kappa shape index (κ1) is 14.5. The van der Waals surface area contributed by atoms with Gasteiger partial charge in [0.25, 0.3) is 0 Å². The number of hydrogen-bond acceptors (Lipinski definition) is 4. The van der Waals surface area contributed by atoms with E-state index in [0.29, 0.717) is 15.6 Å². The van der Waals surface area contributed by atoms with Gasteiger partial charge in [0.05, 0.1) is 17.2 Å². The third-order valence-corrected chi connectivity index (χ3v) is 2.77. The zero-order valence-corrected chi connectivity index (χ0v) is 11.1. The summed E-state index contributed by atoms with van der Waals surface area (Å²) in [6.45, 7) is 0.00164. The minimum Gasteiger partial charge on any atom is -0.468 e. The fourth-order valence-electron chi connectivity index (χ4n) is 1.09. The number of rotatable bonds is 5. The van der Waals surface area contributed by atoms with Crippen molar-refractivity contribution in [3.8, 4) is 0 Å². The number of nitrogens with one attached hydrogen (secondary N) is 1. The monoisotopic (exact) mass is 287 g/mol. The zero-order valence-electron chi connectivity index (χ0n) is 9.57. The van der Waals surface area contributed by atoms with Crippen LogP contribution in [0.25, 0.3) is 0 Å². The summed E-state index contributed by atoms with van der Waals surface area (Å²) in [5, 5.41) is 3.34. The quantitative estimate of drug-likeness (QED) is 0.513. The Bertz CT molecular complexity index is 486. The number of ketones is 1. The average Bonchev–Trinajstić information content (AvgIpc) is 2.37. The van der Waals surface area contributed by atoms with Crippen molar-refractivity contribution < 1.29 is 14.3 Å². The van der Waals surface area contributed by atoms with E-state index in [-0.39, 0.29) is 12.3 Å². The molecule has 0 saturated carbocycles. The van der Waals surface area contributed by atoms with E-state index in [1.165, 1.54) is 25.5 Å². The molecule has 1 rings (SSSR count). The van der Waals surface area contributed by atoms with E-state index in [4.69, 9.17) is 23.2 Å². The Morgan fingerprint density at radius 1 is 1.33 bits per heavy atom. The molecule has 96 valence electrons. The summed E-state index contributed by atoms with van der Waals surface area (Å²) in [5.74, 6) is -0.660. The van der Waals surface area contributed by atoms with E-state index < -0.39 is 5.97 Å². The summed E-state index contributed by atoms with van der Waals surface area (Å²) >= 11 is 11.5. The van der Waals surface area contributed by atoms with Crippen LogP contribution in [0.2, 0.25) is 10.0 Å². The third kappa shape index (κ3) is 4.39. The summed E-state index contributed by atoms with van der Waals surface area (Å²) in [5.41, 5.74) is 0.417. The Labute approximate surface area is 115 Å². The second-order valence-corrected chi connectivity index (χ2v) is 4.10. The summed E-state index contributed by atoms with van der Waals surface area (Å²) in [6.07, 6.45) is 2.67. The highest BCUT2D eigenvalue weighted by molar-refractivity contribution is 6.42. The van der Waals surface area contributed by atoms with E-state index >= 15 is 0 Å². The van der Waals surface area contributed by atoms with Crippen molar-refractivity contribution in [2.24, 2.45) is 0 Å². The highest BCUT2D eigenvalue weighted by Crippen LogP contribution is 2.22. The molecule has 6 heteroatoms. The molecular weight excluding hydrogens is 277 g/mol. The minimum absolute atomic E-state index is 0.00164. The Morgan fingerprint density at radius 3 is 2.67 bits per heavy atom. The molecule has 0 atom stereocenters. The molecule has 0 saturated heterocycles. The van der Waals surface area contributed by atoms with Crippen LogP contribution in [0.1, 0.15) is 10.4 Å². The van der Waals surface area contributed by atoms with E-state index in [9.17, 15) is 9.59 Å². The molecule has 0 unspecified atom stereocenters.